The van der Waals surface area contributed by atoms with Gasteiger partial charge < -0.3 is 20.1 Å². The predicted octanol–water partition coefficient (Wildman–Crippen LogP) is 3.44. The van der Waals surface area contributed by atoms with Crippen molar-refractivity contribution in [3.63, 3.8) is 0 Å². The maximum atomic E-state index is 6.00. The summed E-state index contributed by atoms with van der Waals surface area (Å²) in [5, 5.41) is 14.1. The second-order valence-electron chi connectivity index (χ2n) is 6.14. The number of hydrogen-bond donors (Lipinski definition) is 2. The number of rotatable bonds is 7. The van der Waals surface area contributed by atoms with Crippen molar-refractivity contribution in [1.29, 1.82) is 0 Å². The van der Waals surface area contributed by atoms with Gasteiger partial charge in [0.05, 0.1) is 12.2 Å². The standard InChI is InChI=1S/C18H22ClN7OS.HI/c1-20-17(22-10-14-11-28-18(23-14)26(2)3)21-8-7-15-24-16(25-27-15)12-5-4-6-13(19)9-12;/h4-6,9,11H,7-8,10H2,1-3H3,(H2,20,21,22);1H. The number of thiazole rings is 1. The fraction of sp³-hybridized carbons (Fsp3) is 0.333. The van der Waals surface area contributed by atoms with Gasteiger partial charge >= 0.3 is 0 Å². The van der Waals surface area contributed by atoms with Gasteiger partial charge in [-0.3, -0.25) is 4.99 Å². The minimum Gasteiger partial charge on any atom is -0.356 e. The lowest BCUT2D eigenvalue weighted by molar-refractivity contribution is 0.378. The molecule has 3 rings (SSSR count). The molecule has 8 nitrogen and oxygen atoms in total. The average Bonchev–Trinajstić information content (AvgIpc) is 3.34. The molecule has 0 saturated carbocycles. The van der Waals surface area contributed by atoms with Crippen LogP contribution in [0.15, 0.2) is 39.2 Å². The molecule has 0 unspecified atom stereocenters. The molecular weight excluding hydrogens is 525 g/mol. The molecule has 0 aliphatic heterocycles. The number of nitrogens with one attached hydrogen (secondary N) is 2. The fourth-order valence-electron chi connectivity index (χ4n) is 2.37. The number of nitrogens with zero attached hydrogens (tertiary/aromatic N) is 5. The van der Waals surface area contributed by atoms with Crippen LogP contribution in [-0.2, 0) is 13.0 Å². The molecule has 29 heavy (non-hydrogen) atoms. The van der Waals surface area contributed by atoms with Crippen LogP contribution in [0.4, 0.5) is 5.13 Å². The molecule has 2 heterocycles. The molecular formula is C18H23ClIN7OS. The van der Waals surface area contributed by atoms with Crippen LogP contribution in [0, 0.1) is 0 Å². The van der Waals surface area contributed by atoms with Crippen molar-refractivity contribution in [2.45, 2.75) is 13.0 Å². The first-order valence-electron chi connectivity index (χ1n) is 8.70. The van der Waals surface area contributed by atoms with Crippen LogP contribution < -0.4 is 15.5 Å². The Kier molecular flexibility index (Phi) is 9.11. The molecule has 2 aromatic heterocycles. The van der Waals surface area contributed by atoms with E-state index in [9.17, 15) is 0 Å². The first-order chi connectivity index (χ1) is 13.5. The van der Waals surface area contributed by atoms with Crippen molar-refractivity contribution in [3.8, 4) is 11.4 Å². The first kappa shape index (κ1) is 23.4. The third-order valence-electron chi connectivity index (χ3n) is 3.76. The Balaban J connectivity index is 0.00000300. The second kappa shape index (κ2) is 11.3. The third kappa shape index (κ3) is 6.82. The van der Waals surface area contributed by atoms with Crippen molar-refractivity contribution in [3.05, 3.63) is 46.3 Å². The maximum absolute atomic E-state index is 6.00. The van der Waals surface area contributed by atoms with Gasteiger partial charge in [-0.1, -0.05) is 28.9 Å². The van der Waals surface area contributed by atoms with Crippen LogP contribution in [0.5, 0.6) is 0 Å². The van der Waals surface area contributed by atoms with E-state index in [1.165, 1.54) is 0 Å². The zero-order chi connectivity index (χ0) is 19.9. The highest BCUT2D eigenvalue weighted by Gasteiger charge is 2.09. The molecule has 3 aromatic rings. The van der Waals surface area contributed by atoms with Crippen LogP contribution in [0.2, 0.25) is 5.02 Å². The Morgan fingerprint density at radius 3 is 2.79 bits per heavy atom. The fourth-order valence-corrected chi connectivity index (χ4v) is 3.32. The Bertz CT molecular complexity index is 944. The molecule has 0 atom stereocenters. The van der Waals surface area contributed by atoms with Crippen LogP contribution in [-0.4, -0.2) is 48.8 Å². The number of halogens is 2. The molecule has 0 aliphatic carbocycles. The van der Waals surface area contributed by atoms with Gasteiger partial charge in [0.1, 0.15) is 0 Å². The van der Waals surface area contributed by atoms with E-state index in [1.807, 2.05) is 42.6 Å². The summed E-state index contributed by atoms with van der Waals surface area (Å²) in [6.45, 7) is 1.21. The summed E-state index contributed by atoms with van der Waals surface area (Å²) in [5.74, 6) is 1.77. The highest BCUT2D eigenvalue weighted by Crippen LogP contribution is 2.20. The number of benzene rings is 1. The summed E-state index contributed by atoms with van der Waals surface area (Å²) >= 11 is 7.62. The van der Waals surface area contributed by atoms with Crippen molar-refractivity contribution in [2.75, 3.05) is 32.6 Å². The molecule has 0 spiro atoms. The summed E-state index contributed by atoms with van der Waals surface area (Å²) in [5.41, 5.74) is 1.80. The summed E-state index contributed by atoms with van der Waals surface area (Å²) in [6, 6.07) is 7.36. The van der Waals surface area contributed by atoms with Gasteiger partial charge in [0.15, 0.2) is 11.1 Å². The zero-order valence-electron chi connectivity index (χ0n) is 16.3. The van der Waals surface area contributed by atoms with Gasteiger partial charge in [0.2, 0.25) is 11.7 Å². The first-order valence-corrected chi connectivity index (χ1v) is 9.95. The Morgan fingerprint density at radius 2 is 2.10 bits per heavy atom. The van der Waals surface area contributed by atoms with E-state index in [0.29, 0.717) is 42.2 Å². The quantitative estimate of drug-likeness (QED) is 0.266. The van der Waals surface area contributed by atoms with E-state index in [4.69, 9.17) is 16.1 Å². The summed E-state index contributed by atoms with van der Waals surface area (Å²) in [6.07, 6.45) is 0.579. The Labute approximate surface area is 195 Å². The molecule has 0 fully saturated rings. The van der Waals surface area contributed by atoms with Gasteiger partial charge in [-0.2, -0.15) is 4.98 Å². The largest absolute Gasteiger partial charge is 0.356 e. The summed E-state index contributed by atoms with van der Waals surface area (Å²) in [7, 11) is 5.68. The van der Waals surface area contributed by atoms with Crippen molar-refractivity contribution < 1.29 is 4.52 Å². The number of anilines is 1. The van der Waals surface area contributed by atoms with Crippen molar-refractivity contribution >= 4 is 58.0 Å². The second-order valence-corrected chi connectivity index (χ2v) is 7.41. The van der Waals surface area contributed by atoms with E-state index < -0.39 is 0 Å². The van der Waals surface area contributed by atoms with Gasteiger partial charge in [-0.25, -0.2) is 4.98 Å². The van der Waals surface area contributed by atoms with Gasteiger partial charge in [0.25, 0.3) is 0 Å². The predicted molar refractivity (Wildman–Crippen MR) is 129 cm³/mol. The van der Waals surface area contributed by atoms with E-state index in [0.717, 1.165) is 16.4 Å². The van der Waals surface area contributed by atoms with Crippen LogP contribution in [0.1, 0.15) is 11.6 Å². The van der Waals surface area contributed by atoms with Crippen molar-refractivity contribution in [1.82, 2.24) is 25.8 Å². The molecule has 0 amide bonds. The zero-order valence-corrected chi connectivity index (χ0v) is 20.2. The van der Waals surface area contributed by atoms with Crippen LogP contribution >= 0.6 is 46.9 Å². The lowest BCUT2D eigenvalue weighted by Crippen LogP contribution is -2.38. The molecule has 0 saturated heterocycles. The lowest BCUT2D eigenvalue weighted by atomic mass is 10.2. The molecule has 0 aliphatic rings. The number of hydrogen-bond acceptors (Lipinski definition) is 7. The molecule has 1 aromatic carbocycles. The van der Waals surface area contributed by atoms with Crippen molar-refractivity contribution in [2.24, 2.45) is 4.99 Å². The Morgan fingerprint density at radius 1 is 1.28 bits per heavy atom. The number of aromatic nitrogens is 3. The summed E-state index contributed by atoms with van der Waals surface area (Å²) in [4.78, 5) is 15.2. The third-order valence-corrected chi connectivity index (χ3v) is 5.06. The van der Waals surface area contributed by atoms with Gasteiger partial charge in [0, 0.05) is 50.1 Å². The van der Waals surface area contributed by atoms with Gasteiger partial charge in [-0.15, -0.1) is 35.3 Å². The highest BCUT2D eigenvalue weighted by molar-refractivity contribution is 14.0. The van der Waals surface area contributed by atoms with Crippen LogP contribution in [0.3, 0.4) is 0 Å². The average molecular weight is 548 g/mol. The molecule has 156 valence electrons. The normalized spacial score (nSPS) is 11.1. The highest BCUT2D eigenvalue weighted by atomic mass is 127. The van der Waals surface area contributed by atoms with E-state index in [-0.39, 0.29) is 24.0 Å². The number of aliphatic imine (C=N–C) groups is 1. The minimum atomic E-state index is 0. The monoisotopic (exact) mass is 547 g/mol. The SMILES string of the molecule is CN=C(NCCc1nc(-c2cccc(Cl)c2)no1)NCc1csc(N(C)C)n1.I. The van der Waals surface area contributed by atoms with E-state index >= 15 is 0 Å². The Hall–Kier alpha value is -1.92. The maximum Gasteiger partial charge on any atom is 0.228 e. The summed E-state index contributed by atoms with van der Waals surface area (Å²) < 4.78 is 5.31. The topological polar surface area (TPSA) is 91.5 Å². The number of guanidine groups is 1. The lowest BCUT2D eigenvalue weighted by Gasteiger charge is -2.10. The van der Waals surface area contributed by atoms with Gasteiger partial charge in [-0.05, 0) is 12.1 Å². The molecule has 11 heteroatoms. The molecule has 0 radical (unpaired) electrons. The molecule has 0 bridgehead atoms. The molecule has 2 N–H and O–H groups in total. The smallest absolute Gasteiger partial charge is 0.228 e. The van der Waals surface area contributed by atoms with E-state index in [1.54, 1.807) is 24.5 Å². The van der Waals surface area contributed by atoms with Crippen LogP contribution in [0.25, 0.3) is 11.4 Å². The van der Waals surface area contributed by atoms with E-state index in [2.05, 4.69) is 30.8 Å². The minimum absolute atomic E-state index is 0.